The van der Waals surface area contributed by atoms with Gasteiger partial charge in [0, 0.05) is 11.6 Å². The van der Waals surface area contributed by atoms with Gasteiger partial charge < -0.3 is 4.74 Å². The minimum Gasteiger partial charge on any atom is -0.458 e. The maximum absolute atomic E-state index is 12.0. The maximum atomic E-state index is 12.0. The summed E-state index contributed by atoms with van der Waals surface area (Å²) in [5.41, 5.74) is 3.24. The Kier molecular flexibility index (Phi) is 5.72. The van der Waals surface area contributed by atoms with Gasteiger partial charge >= 0.3 is 5.97 Å². The molecule has 0 N–H and O–H groups in total. The van der Waals surface area contributed by atoms with Crippen LogP contribution in [0.2, 0.25) is 5.15 Å². The molecule has 2 aromatic rings. The second kappa shape index (κ2) is 7.86. The number of aryl methyl sites for hydroxylation is 2. The van der Waals surface area contributed by atoms with Gasteiger partial charge in [0.05, 0.1) is 23.2 Å². The summed E-state index contributed by atoms with van der Waals surface area (Å²) in [5, 5.41) is 4.69. The largest absolute Gasteiger partial charge is 0.458 e. The van der Waals surface area contributed by atoms with E-state index in [2.05, 4.69) is 5.10 Å². The van der Waals surface area contributed by atoms with Crippen molar-refractivity contribution in [1.82, 2.24) is 9.78 Å². The molecule has 6 nitrogen and oxygen atoms in total. The third-order valence-electron chi connectivity index (χ3n) is 4.47. The summed E-state index contributed by atoms with van der Waals surface area (Å²) in [6, 6.07) is 7.47. The molecule has 27 heavy (non-hydrogen) atoms. The number of hydrogen-bond donors (Lipinski definition) is 0. The molecule has 1 fully saturated rings. The van der Waals surface area contributed by atoms with E-state index >= 15 is 0 Å². The first kappa shape index (κ1) is 19.6. The highest BCUT2D eigenvalue weighted by Gasteiger charge is 2.31. The van der Waals surface area contributed by atoms with Crippen LogP contribution in [0.4, 0.5) is 0 Å². The zero-order valence-corrected chi connectivity index (χ0v) is 16.8. The Bertz CT molecular complexity index is 995. The molecule has 1 atom stereocenters. The van der Waals surface area contributed by atoms with Crippen LogP contribution in [0.3, 0.4) is 0 Å². The predicted octanol–water partition coefficient (Wildman–Crippen LogP) is 3.27. The number of carbonyl (C=O) groups is 1. The molecule has 0 saturated carbocycles. The van der Waals surface area contributed by atoms with E-state index in [0.29, 0.717) is 22.8 Å². The topological polar surface area (TPSA) is 78.3 Å². The Morgan fingerprint density at radius 3 is 2.85 bits per heavy atom. The van der Waals surface area contributed by atoms with Crippen molar-refractivity contribution in [2.75, 3.05) is 11.5 Å². The summed E-state index contributed by atoms with van der Waals surface area (Å²) in [7, 11) is -3.04. The molecule has 2 heterocycles. The van der Waals surface area contributed by atoms with Gasteiger partial charge in [-0.15, -0.1) is 0 Å². The summed E-state index contributed by atoms with van der Waals surface area (Å²) in [4.78, 5) is 12.0. The van der Waals surface area contributed by atoms with E-state index in [1.165, 1.54) is 6.08 Å². The lowest BCUT2D eigenvalue weighted by Crippen LogP contribution is -2.12. The molecule has 144 valence electrons. The summed E-state index contributed by atoms with van der Waals surface area (Å²) in [6.07, 6.45) is 3.36. The minimum atomic E-state index is -3.04. The highest BCUT2D eigenvalue weighted by Crippen LogP contribution is 2.30. The maximum Gasteiger partial charge on any atom is 0.331 e. The molecule has 1 aromatic carbocycles. The average molecular weight is 409 g/mol. The fraction of sp³-hybridized carbons (Fsp3) is 0.368. The number of esters is 1. The van der Waals surface area contributed by atoms with Crippen LogP contribution < -0.4 is 0 Å². The molecule has 1 saturated heterocycles. The predicted molar refractivity (Wildman–Crippen MR) is 104 cm³/mol. The van der Waals surface area contributed by atoms with Crippen LogP contribution in [0.25, 0.3) is 6.08 Å². The molecule has 3 rings (SSSR count). The average Bonchev–Trinajstić information content (AvgIpc) is 3.10. The van der Waals surface area contributed by atoms with Crippen molar-refractivity contribution in [3.63, 3.8) is 0 Å². The number of hydrogen-bond acceptors (Lipinski definition) is 5. The fourth-order valence-electron chi connectivity index (χ4n) is 3.09. The number of benzene rings is 1. The van der Waals surface area contributed by atoms with E-state index < -0.39 is 15.8 Å². The van der Waals surface area contributed by atoms with Crippen LogP contribution in [-0.2, 0) is 26.0 Å². The fourth-order valence-corrected chi connectivity index (χ4v) is 5.16. The zero-order chi connectivity index (χ0) is 19.6. The van der Waals surface area contributed by atoms with Crippen molar-refractivity contribution in [1.29, 1.82) is 0 Å². The van der Waals surface area contributed by atoms with E-state index in [4.69, 9.17) is 16.3 Å². The lowest BCUT2D eigenvalue weighted by Gasteiger charge is -2.09. The highest BCUT2D eigenvalue weighted by molar-refractivity contribution is 7.91. The third kappa shape index (κ3) is 4.78. The standard InChI is InChI=1S/C19H21ClN2O4S/c1-13-4-3-5-15(10-13)11-26-18(23)7-6-17-14(2)21-22(19(17)20)16-8-9-27(24,25)12-16/h3-7,10,16H,8-9,11-12H2,1-2H3/b7-6+/t16-/m0/s1. The summed E-state index contributed by atoms with van der Waals surface area (Å²) >= 11 is 6.38. The Morgan fingerprint density at radius 1 is 1.41 bits per heavy atom. The van der Waals surface area contributed by atoms with E-state index in [1.54, 1.807) is 17.7 Å². The number of nitrogens with zero attached hydrogens (tertiary/aromatic N) is 2. The molecular weight excluding hydrogens is 388 g/mol. The van der Waals surface area contributed by atoms with Gasteiger partial charge in [-0.05, 0) is 31.9 Å². The molecule has 0 bridgehead atoms. The van der Waals surface area contributed by atoms with Crippen molar-refractivity contribution >= 4 is 33.5 Å². The second-order valence-electron chi connectivity index (χ2n) is 6.72. The van der Waals surface area contributed by atoms with Gasteiger partial charge in [0.2, 0.25) is 0 Å². The molecule has 8 heteroatoms. The number of sulfone groups is 1. The Morgan fingerprint density at radius 2 is 2.19 bits per heavy atom. The lowest BCUT2D eigenvalue weighted by atomic mass is 10.1. The summed E-state index contributed by atoms with van der Waals surface area (Å²) < 4.78 is 30.1. The van der Waals surface area contributed by atoms with Gasteiger partial charge in [0.1, 0.15) is 11.8 Å². The number of carbonyl (C=O) groups excluding carboxylic acids is 1. The van der Waals surface area contributed by atoms with Crippen molar-refractivity contribution in [3.05, 3.63) is 57.9 Å². The number of ether oxygens (including phenoxy) is 1. The van der Waals surface area contributed by atoms with Crippen LogP contribution in [0, 0.1) is 13.8 Å². The number of rotatable bonds is 5. The molecule has 0 radical (unpaired) electrons. The van der Waals surface area contributed by atoms with Gasteiger partial charge in [-0.1, -0.05) is 41.4 Å². The van der Waals surface area contributed by atoms with Crippen LogP contribution in [0.15, 0.2) is 30.3 Å². The first-order chi connectivity index (χ1) is 12.7. The third-order valence-corrected chi connectivity index (χ3v) is 6.60. The summed E-state index contributed by atoms with van der Waals surface area (Å²) in [6.45, 7) is 3.93. The molecule has 0 unspecified atom stereocenters. The van der Waals surface area contributed by atoms with Crippen molar-refractivity contribution in [3.8, 4) is 0 Å². The van der Waals surface area contributed by atoms with Crippen molar-refractivity contribution in [2.45, 2.75) is 32.9 Å². The first-order valence-electron chi connectivity index (χ1n) is 8.60. The quantitative estimate of drug-likeness (QED) is 0.560. The summed E-state index contributed by atoms with van der Waals surface area (Å²) in [5.74, 6) is -0.304. The van der Waals surface area contributed by atoms with Gasteiger partial charge in [-0.25, -0.2) is 17.9 Å². The SMILES string of the molecule is Cc1cccc(COC(=O)/C=C/c2c(C)nn([C@H]3CCS(=O)(=O)C3)c2Cl)c1. The van der Waals surface area contributed by atoms with E-state index in [9.17, 15) is 13.2 Å². The van der Waals surface area contributed by atoms with Gasteiger partial charge in [0.15, 0.2) is 9.84 Å². The minimum absolute atomic E-state index is 0.0372. The Balaban J connectivity index is 1.67. The van der Waals surface area contributed by atoms with Gasteiger partial charge in [-0.3, -0.25) is 0 Å². The van der Waals surface area contributed by atoms with E-state index in [-0.39, 0.29) is 24.2 Å². The van der Waals surface area contributed by atoms with Crippen LogP contribution in [-0.4, -0.2) is 35.7 Å². The molecule has 0 amide bonds. The molecular formula is C19H21ClN2O4S. The van der Waals surface area contributed by atoms with Crippen LogP contribution in [0.1, 0.15) is 34.8 Å². The van der Waals surface area contributed by atoms with Crippen molar-refractivity contribution < 1.29 is 17.9 Å². The zero-order valence-electron chi connectivity index (χ0n) is 15.2. The lowest BCUT2D eigenvalue weighted by molar-refractivity contribution is -0.138. The van der Waals surface area contributed by atoms with Crippen LogP contribution >= 0.6 is 11.6 Å². The molecule has 1 aliphatic heterocycles. The Labute approximate surface area is 163 Å². The molecule has 1 aliphatic rings. The van der Waals surface area contributed by atoms with Gasteiger partial charge in [0.25, 0.3) is 0 Å². The van der Waals surface area contributed by atoms with Crippen LogP contribution in [0.5, 0.6) is 0 Å². The smallest absolute Gasteiger partial charge is 0.331 e. The van der Waals surface area contributed by atoms with E-state index in [1.807, 2.05) is 31.2 Å². The van der Waals surface area contributed by atoms with Crippen molar-refractivity contribution in [2.24, 2.45) is 0 Å². The highest BCUT2D eigenvalue weighted by atomic mass is 35.5. The number of halogens is 1. The van der Waals surface area contributed by atoms with E-state index in [0.717, 1.165) is 11.1 Å². The molecule has 0 aliphatic carbocycles. The van der Waals surface area contributed by atoms with Gasteiger partial charge in [-0.2, -0.15) is 5.10 Å². The molecule has 1 aromatic heterocycles. The Hall–Kier alpha value is -2.12. The number of aromatic nitrogens is 2. The normalized spacial score (nSPS) is 18.9. The molecule has 0 spiro atoms. The monoisotopic (exact) mass is 408 g/mol. The second-order valence-corrected chi connectivity index (χ2v) is 9.31. The first-order valence-corrected chi connectivity index (χ1v) is 10.8.